The van der Waals surface area contributed by atoms with E-state index in [0.29, 0.717) is 11.1 Å². The van der Waals surface area contributed by atoms with Crippen molar-refractivity contribution in [2.45, 2.75) is 71.0 Å². The molecule has 2 aromatic carbocycles. The van der Waals surface area contributed by atoms with Gasteiger partial charge in [-0.05, 0) is 31.2 Å². The van der Waals surface area contributed by atoms with E-state index in [1.165, 1.54) is 41.6 Å². The molecule has 57 heavy (non-hydrogen) atoms. The van der Waals surface area contributed by atoms with Crippen LogP contribution in [0.15, 0.2) is 86.0 Å². The third-order valence-electron chi connectivity index (χ3n) is 8.57. The van der Waals surface area contributed by atoms with Crippen molar-refractivity contribution in [1.29, 1.82) is 1.43 Å². The molecule has 2 saturated heterocycles. The summed E-state index contributed by atoms with van der Waals surface area (Å²) in [6.07, 6.45) is -5.64. The lowest BCUT2D eigenvalue weighted by Gasteiger charge is -2.15. The van der Waals surface area contributed by atoms with E-state index in [4.69, 9.17) is 12.3 Å². The molecule has 2 aliphatic heterocycles. The fourth-order valence-electron chi connectivity index (χ4n) is 5.80. The van der Waals surface area contributed by atoms with Crippen molar-refractivity contribution in [2.24, 2.45) is 0 Å². The molecule has 18 nitrogen and oxygen atoms in total. The number of nitrogens with one attached hydrogen (secondary N) is 2. The van der Waals surface area contributed by atoms with Crippen LogP contribution in [0.3, 0.4) is 0 Å². The normalized spacial score (nSPS) is 24.0. The van der Waals surface area contributed by atoms with Gasteiger partial charge in [-0.15, -0.1) is 0 Å². The van der Waals surface area contributed by atoms with Gasteiger partial charge in [0, 0.05) is 19.6 Å². The van der Waals surface area contributed by atoms with Gasteiger partial charge in [0.05, 0.1) is 25.4 Å². The molecule has 0 radical (unpaired) electrons. The Labute approximate surface area is 328 Å². The van der Waals surface area contributed by atoms with E-state index in [9.17, 15) is 33.7 Å². The minimum Gasteiger partial charge on any atom is -0.400 e. The fraction of sp³-hybridized carbons (Fsp3) is 0.351. The molecule has 2 aliphatic rings. The predicted octanol–water partition coefficient (Wildman–Crippen LogP) is 3.24. The third-order valence-corrected chi connectivity index (χ3v) is 8.57. The number of aliphatic hydroxyl groups is 4. The highest BCUT2D eigenvalue weighted by Crippen LogP contribution is 2.35. The molecule has 2 amide bonds. The highest BCUT2D eigenvalue weighted by molar-refractivity contribution is 6.07. The number of alkyl halides is 2. The maximum atomic E-state index is 14.4. The molecule has 8 rings (SSSR count). The van der Waals surface area contributed by atoms with Gasteiger partial charge < -0.3 is 40.5 Å². The fourth-order valence-corrected chi connectivity index (χ4v) is 5.80. The van der Waals surface area contributed by atoms with Crippen LogP contribution in [0.4, 0.5) is 20.4 Å². The number of nitrogens with zero attached hydrogens (tertiary/aromatic N) is 8. The number of imidazole rings is 2. The highest BCUT2D eigenvalue weighted by atomic mass is 19.1. The molecule has 0 unspecified atom stereocenters. The third kappa shape index (κ3) is 8.90. The summed E-state index contributed by atoms with van der Waals surface area (Å²) < 4.78 is 55.3. The number of hydrogen-bond acceptors (Lipinski definition) is 14. The summed E-state index contributed by atoms with van der Waals surface area (Å²) in [7, 11) is 1.29. The van der Waals surface area contributed by atoms with E-state index >= 15 is 0 Å². The maximum absolute atomic E-state index is 14.4. The highest BCUT2D eigenvalue weighted by Gasteiger charge is 2.46. The molecule has 4 aromatic heterocycles. The minimum atomic E-state index is -1.77. The second-order valence-electron chi connectivity index (χ2n) is 11.9. The lowest BCUT2D eigenvalue weighted by atomic mass is 10.1. The Morgan fingerprint density at radius 1 is 0.772 bits per heavy atom. The number of rotatable bonds is 7. The average Bonchev–Trinajstić information content (AvgIpc) is 4.00. The summed E-state index contributed by atoms with van der Waals surface area (Å²) in [6, 6.07) is 17.2. The number of carbonyl (C=O) groups is 2. The summed E-state index contributed by atoms with van der Waals surface area (Å²) >= 11 is 0. The van der Waals surface area contributed by atoms with Gasteiger partial charge in [0.15, 0.2) is 58.8 Å². The molecule has 0 spiro atoms. The number of hydrogen-bond donors (Lipinski definition) is 6. The van der Waals surface area contributed by atoms with Crippen LogP contribution in [-0.4, -0.2) is 123 Å². The van der Waals surface area contributed by atoms with Crippen LogP contribution in [0, 0.1) is 0 Å². The zero-order valence-electron chi connectivity index (χ0n) is 30.8. The van der Waals surface area contributed by atoms with E-state index in [2.05, 4.69) is 45.6 Å². The van der Waals surface area contributed by atoms with Crippen molar-refractivity contribution in [1.82, 2.24) is 39.0 Å². The second-order valence-corrected chi connectivity index (χ2v) is 11.9. The number of halogens is 2. The van der Waals surface area contributed by atoms with E-state index in [-0.39, 0.29) is 67.5 Å². The topological polar surface area (TPSA) is 245 Å². The number of aromatic nitrogens is 8. The Kier molecular flexibility index (Phi) is 13.8. The van der Waals surface area contributed by atoms with Crippen molar-refractivity contribution in [2.75, 3.05) is 24.4 Å². The Balaban J connectivity index is 0.000000237. The van der Waals surface area contributed by atoms with E-state index in [1.54, 1.807) is 60.7 Å². The van der Waals surface area contributed by atoms with Crippen molar-refractivity contribution < 1.29 is 49.6 Å². The number of amides is 2. The maximum Gasteiger partial charge on any atom is 0.256 e. The van der Waals surface area contributed by atoms with Crippen molar-refractivity contribution in [3.05, 3.63) is 97.1 Å². The van der Waals surface area contributed by atoms with Gasteiger partial charge in [-0.2, -0.15) is 0 Å². The lowest BCUT2D eigenvalue weighted by molar-refractivity contribution is -0.0459. The molecule has 20 heteroatoms. The van der Waals surface area contributed by atoms with Gasteiger partial charge in [0.2, 0.25) is 1.43 Å². The Hall–Kier alpha value is -5.90. The number of benzene rings is 2. The number of aliphatic hydroxyl groups excluding tert-OH is 4. The first-order valence-electron chi connectivity index (χ1n) is 17.7. The smallest absolute Gasteiger partial charge is 0.256 e. The molecular weight excluding hydrogens is 750 g/mol. The Bertz CT molecular complexity index is 2120. The standard InChI is InChI=1S/C17H16FN5O4.C17H16FN5O3.CH4O.2CH4/c18-11-13(25)10(6-24)27-17(11)23-8-21-12-14(19-7-20-15(12)23)22-16(26)9-4-2-1-3-5-9;1-9-13(24)11(18)17(26-9)23-8-21-12-14(19-7-20-15(12)23)22-16(25)10-5-3-2-4-6-10;1-2;;/h1-5,7-8,10-11,13,17,24-25H,6H2,(H,19,20,22,26);2-9,11,13,17,24H,1H3,(H,19,20,22,25);2H,1H3;2*1H4/t10-,11-,13-,17-;9-,11-,13-,17-;;;/m11.../s1/i;1D;2T;;. The number of anilines is 2. The molecular formula is C37H44F2N10O8. The number of fused-ring (bicyclic) bond motifs is 2. The average molecular weight is 798 g/mol. The van der Waals surface area contributed by atoms with Gasteiger partial charge in [0.1, 0.15) is 31.0 Å². The quantitative estimate of drug-likeness (QED) is 0.136. The van der Waals surface area contributed by atoms with Gasteiger partial charge in [0.25, 0.3) is 11.8 Å². The SMILES string of the molecule is C.C.O=C(Nc1ncnc2c1ncn2[C@@H]1O[C@H](CO)[C@@H](O)[C@H]1F)c1ccccc1.[2H]C[C@H]1O[C@@H](n2cnc3c(NC(=O)c4ccccc4)ncnc32)[C@H](F)[C@@H]1O.[3H]OC. The van der Waals surface area contributed by atoms with Crippen LogP contribution in [-0.2, 0) is 9.47 Å². The van der Waals surface area contributed by atoms with Crippen LogP contribution >= 0.6 is 0 Å². The summed E-state index contributed by atoms with van der Waals surface area (Å²) in [5.41, 5.74) is 1.89. The monoisotopic (exact) mass is 797 g/mol. The van der Waals surface area contributed by atoms with Crippen molar-refractivity contribution in [3.63, 3.8) is 0 Å². The minimum absolute atomic E-state index is 0. The Morgan fingerprint density at radius 2 is 1.21 bits per heavy atom. The summed E-state index contributed by atoms with van der Waals surface area (Å²) in [6.45, 7) is -0.782. The molecule has 6 heterocycles. The van der Waals surface area contributed by atoms with Crippen molar-refractivity contribution >= 4 is 45.8 Å². The van der Waals surface area contributed by atoms with Gasteiger partial charge in [-0.25, -0.2) is 38.7 Å². The van der Waals surface area contributed by atoms with E-state index < -0.39 is 55.8 Å². The molecule has 0 saturated carbocycles. The molecule has 6 N–H and O–H groups in total. The largest absolute Gasteiger partial charge is 0.400 e. The number of carbonyl (C=O) groups excluding carboxylic acids is 2. The molecule has 6 aromatic rings. The molecule has 0 bridgehead atoms. The van der Waals surface area contributed by atoms with Crippen LogP contribution in [0.1, 0.15) is 56.3 Å². The van der Waals surface area contributed by atoms with Gasteiger partial charge >= 0.3 is 0 Å². The van der Waals surface area contributed by atoms with Crippen molar-refractivity contribution in [3.8, 4) is 0 Å². The first-order chi connectivity index (χ1) is 27.6. The molecule has 8 atom stereocenters. The molecule has 0 aliphatic carbocycles. The first kappa shape index (κ1) is 40.8. The van der Waals surface area contributed by atoms with Crippen LogP contribution in [0.2, 0.25) is 0 Å². The van der Waals surface area contributed by atoms with Crippen LogP contribution in [0.5, 0.6) is 0 Å². The van der Waals surface area contributed by atoms with E-state index in [1.807, 2.05) is 0 Å². The first-order valence-corrected chi connectivity index (χ1v) is 16.5. The zero-order chi connectivity index (χ0) is 40.6. The summed E-state index contributed by atoms with van der Waals surface area (Å²) in [4.78, 5) is 49.3. The van der Waals surface area contributed by atoms with Gasteiger partial charge in [-0.3, -0.25) is 18.7 Å². The predicted molar refractivity (Wildman–Crippen MR) is 203 cm³/mol. The summed E-state index contributed by atoms with van der Waals surface area (Å²) in [5.74, 6) is -0.393. The molecule has 2 fully saturated rings. The lowest BCUT2D eigenvalue weighted by Crippen LogP contribution is -2.30. The summed E-state index contributed by atoms with van der Waals surface area (Å²) in [5, 5.41) is 37.7. The van der Waals surface area contributed by atoms with Crippen LogP contribution < -0.4 is 10.6 Å². The zero-order valence-corrected chi connectivity index (χ0v) is 28.8. The van der Waals surface area contributed by atoms with E-state index in [0.717, 1.165) is 0 Å². The van der Waals surface area contributed by atoms with Crippen LogP contribution in [0.25, 0.3) is 22.3 Å². The Morgan fingerprint density at radius 3 is 1.61 bits per heavy atom. The molecule has 304 valence electrons. The second kappa shape index (κ2) is 19.3. The number of ether oxygens (including phenoxy) is 2. The van der Waals surface area contributed by atoms with Gasteiger partial charge in [-0.1, -0.05) is 51.3 Å².